The van der Waals surface area contributed by atoms with Crippen molar-refractivity contribution >= 4 is 0 Å². The van der Waals surface area contributed by atoms with Crippen molar-refractivity contribution in [3.63, 3.8) is 0 Å². The maximum absolute atomic E-state index is 9.12. The molecule has 0 saturated heterocycles. The lowest BCUT2D eigenvalue weighted by atomic mass is 9.75. The van der Waals surface area contributed by atoms with E-state index in [1.807, 2.05) is 14.0 Å². The molecule has 116 valence electrons. The van der Waals surface area contributed by atoms with Gasteiger partial charge in [0.1, 0.15) is 5.54 Å². The van der Waals surface area contributed by atoms with Crippen LogP contribution in [0.3, 0.4) is 0 Å². The molecular weight excluding hydrogens is 248 g/mol. The predicted molar refractivity (Wildman–Crippen MR) is 84.7 cm³/mol. The second-order valence-corrected chi connectivity index (χ2v) is 6.86. The molecule has 0 radical (unpaired) electrons. The lowest BCUT2D eigenvalue weighted by Crippen LogP contribution is -2.56. The Morgan fingerprint density at radius 2 is 1.90 bits per heavy atom. The number of nitriles is 1. The van der Waals surface area contributed by atoms with Crippen LogP contribution in [0.1, 0.15) is 45.4 Å². The molecule has 1 aliphatic rings. The van der Waals surface area contributed by atoms with Gasteiger partial charge in [-0.1, -0.05) is 0 Å². The molecule has 1 fully saturated rings. The number of hydrogen-bond acceptors (Lipinski definition) is 4. The van der Waals surface area contributed by atoms with E-state index in [1.165, 1.54) is 32.2 Å². The summed E-state index contributed by atoms with van der Waals surface area (Å²) in [5.74, 6) is 0. The van der Waals surface area contributed by atoms with Crippen molar-refractivity contribution in [2.75, 3.05) is 41.3 Å². The summed E-state index contributed by atoms with van der Waals surface area (Å²) in [5, 5.41) is 12.2. The normalized spacial score (nSPS) is 20.5. The van der Waals surface area contributed by atoms with Crippen LogP contribution in [0.15, 0.2) is 0 Å². The number of unbranched alkanes of at least 4 members (excludes halogenated alkanes) is 1. The topological polar surface area (TPSA) is 42.3 Å². The molecule has 4 nitrogen and oxygen atoms in total. The minimum absolute atomic E-state index is 0.364. The van der Waals surface area contributed by atoms with Crippen LogP contribution in [-0.2, 0) is 0 Å². The zero-order chi connectivity index (χ0) is 15.2. The van der Waals surface area contributed by atoms with Gasteiger partial charge in [0.25, 0.3) is 0 Å². The quantitative estimate of drug-likeness (QED) is 0.657. The van der Waals surface area contributed by atoms with Crippen molar-refractivity contribution in [3.05, 3.63) is 0 Å². The first-order valence-electron chi connectivity index (χ1n) is 7.84. The first-order chi connectivity index (χ1) is 9.37. The standard InChI is InChI=1S/C16H32N4/c1-15(13-17,18-2)9-6-7-12-20(5)14-16(19(3)4)10-8-11-16/h18H,6-12,14H2,1-5H3. The molecular formula is C16H32N4. The zero-order valence-corrected chi connectivity index (χ0v) is 14.0. The molecule has 0 aromatic rings. The first-order valence-corrected chi connectivity index (χ1v) is 7.84. The van der Waals surface area contributed by atoms with Crippen LogP contribution in [0, 0.1) is 11.3 Å². The predicted octanol–water partition coefficient (Wildman–Crippen LogP) is 2.07. The Hall–Kier alpha value is -0.630. The largest absolute Gasteiger partial charge is 0.305 e. The van der Waals surface area contributed by atoms with Gasteiger partial charge in [-0.25, -0.2) is 0 Å². The summed E-state index contributed by atoms with van der Waals surface area (Å²) in [7, 11) is 8.51. The Balaban J connectivity index is 2.24. The highest BCUT2D eigenvalue weighted by Gasteiger charge is 2.39. The molecule has 0 bridgehead atoms. The lowest BCUT2D eigenvalue weighted by Gasteiger charge is -2.49. The molecule has 1 unspecified atom stereocenters. The molecule has 1 saturated carbocycles. The summed E-state index contributed by atoms with van der Waals surface area (Å²) in [5.41, 5.74) is 0.0539. The average molecular weight is 280 g/mol. The molecule has 4 heteroatoms. The summed E-state index contributed by atoms with van der Waals surface area (Å²) >= 11 is 0. The summed E-state index contributed by atoms with van der Waals surface area (Å²) < 4.78 is 0. The molecule has 0 aromatic heterocycles. The highest BCUT2D eigenvalue weighted by atomic mass is 15.2. The molecule has 0 amide bonds. The van der Waals surface area contributed by atoms with Crippen LogP contribution >= 0.6 is 0 Å². The third kappa shape index (κ3) is 4.44. The number of hydrogen-bond donors (Lipinski definition) is 1. The number of rotatable bonds is 9. The third-order valence-electron chi connectivity index (χ3n) is 5.06. The van der Waals surface area contributed by atoms with Gasteiger partial charge >= 0.3 is 0 Å². The maximum Gasteiger partial charge on any atom is 0.103 e. The Labute approximate surface area is 125 Å². The molecule has 0 heterocycles. The highest BCUT2D eigenvalue weighted by molar-refractivity contribution is 5.02. The molecule has 20 heavy (non-hydrogen) atoms. The van der Waals surface area contributed by atoms with Gasteiger partial charge in [-0.2, -0.15) is 5.26 Å². The van der Waals surface area contributed by atoms with Crippen molar-refractivity contribution in [2.24, 2.45) is 0 Å². The van der Waals surface area contributed by atoms with Gasteiger partial charge in [-0.05, 0) is 80.2 Å². The van der Waals surface area contributed by atoms with E-state index in [1.54, 1.807) is 0 Å². The van der Waals surface area contributed by atoms with Gasteiger partial charge in [0.05, 0.1) is 6.07 Å². The Bertz CT molecular complexity index is 330. The summed E-state index contributed by atoms with van der Waals surface area (Å²) in [6.07, 6.45) is 7.22. The summed E-state index contributed by atoms with van der Waals surface area (Å²) in [6.45, 7) is 4.27. The Morgan fingerprint density at radius 1 is 1.25 bits per heavy atom. The lowest BCUT2D eigenvalue weighted by molar-refractivity contribution is 0.0274. The fraction of sp³-hybridized carbons (Fsp3) is 0.938. The number of nitrogens with zero attached hydrogens (tertiary/aromatic N) is 3. The van der Waals surface area contributed by atoms with E-state index in [0.29, 0.717) is 5.54 Å². The second kappa shape index (κ2) is 7.40. The fourth-order valence-electron chi connectivity index (χ4n) is 3.01. The third-order valence-corrected chi connectivity index (χ3v) is 5.06. The highest BCUT2D eigenvalue weighted by Crippen LogP contribution is 2.36. The summed E-state index contributed by atoms with van der Waals surface area (Å²) in [6, 6.07) is 2.36. The minimum Gasteiger partial charge on any atom is -0.305 e. The van der Waals surface area contributed by atoms with Gasteiger partial charge in [0.2, 0.25) is 0 Å². The molecule has 0 spiro atoms. The molecule has 1 rings (SSSR count). The van der Waals surface area contributed by atoms with E-state index in [2.05, 4.69) is 42.3 Å². The van der Waals surface area contributed by atoms with Crippen LogP contribution in [0.4, 0.5) is 0 Å². The molecule has 1 N–H and O–H groups in total. The van der Waals surface area contributed by atoms with Crippen LogP contribution in [0.2, 0.25) is 0 Å². The van der Waals surface area contributed by atoms with E-state index in [4.69, 9.17) is 5.26 Å². The van der Waals surface area contributed by atoms with Crippen LogP contribution in [0.5, 0.6) is 0 Å². The van der Waals surface area contributed by atoms with Crippen LogP contribution in [-0.4, -0.2) is 62.2 Å². The van der Waals surface area contributed by atoms with Gasteiger partial charge in [0.15, 0.2) is 0 Å². The average Bonchev–Trinajstić information content (AvgIpc) is 2.38. The molecule has 1 atom stereocenters. The smallest absolute Gasteiger partial charge is 0.103 e. The fourth-order valence-corrected chi connectivity index (χ4v) is 3.01. The SMILES string of the molecule is CNC(C)(C#N)CCCCN(C)CC1(N(C)C)CCC1. The van der Waals surface area contributed by atoms with E-state index < -0.39 is 0 Å². The van der Waals surface area contributed by atoms with Crippen LogP contribution < -0.4 is 5.32 Å². The Kier molecular flexibility index (Phi) is 6.44. The number of likely N-dealkylation sites (N-methyl/N-ethyl adjacent to an activating group) is 2. The molecule has 1 aliphatic carbocycles. The Morgan fingerprint density at radius 3 is 2.30 bits per heavy atom. The van der Waals surface area contributed by atoms with Crippen molar-refractivity contribution < 1.29 is 0 Å². The van der Waals surface area contributed by atoms with Crippen molar-refractivity contribution in [3.8, 4) is 6.07 Å². The van der Waals surface area contributed by atoms with Gasteiger partial charge < -0.3 is 15.1 Å². The van der Waals surface area contributed by atoms with E-state index in [-0.39, 0.29) is 5.54 Å². The molecule has 0 aliphatic heterocycles. The van der Waals surface area contributed by atoms with E-state index in [9.17, 15) is 0 Å². The van der Waals surface area contributed by atoms with Crippen molar-refractivity contribution in [1.29, 1.82) is 5.26 Å². The van der Waals surface area contributed by atoms with Crippen molar-refractivity contribution in [1.82, 2.24) is 15.1 Å². The monoisotopic (exact) mass is 280 g/mol. The van der Waals surface area contributed by atoms with Gasteiger partial charge in [0, 0.05) is 12.1 Å². The maximum atomic E-state index is 9.12. The van der Waals surface area contributed by atoms with E-state index in [0.717, 1.165) is 19.4 Å². The van der Waals surface area contributed by atoms with Gasteiger partial charge in [-0.3, -0.25) is 0 Å². The van der Waals surface area contributed by atoms with Crippen molar-refractivity contribution in [2.45, 2.75) is 56.5 Å². The van der Waals surface area contributed by atoms with Crippen LogP contribution in [0.25, 0.3) is 0 Å². The van der Waals surface area contributed by atoms with Gasteiger partial charge in [-0.15, -0.1) is 0 Å². The zero-order valence-electron chi connectivity index (χ0n) is 14.0. The first kappa shape index (κ1) is 17.4. The molecule has 0 aromatic carbocycles. The second-order valence-electron chi connectivity index (χ2n) is 6.86. The minimum atomic E-state index is -0.364. The van der Waals surface area contributed by atoms with E-state index >= 15 is 0 Å². The summed E-state index contributed by atoms with van der Waals surface area (Å²) in [4.78, 5) is 4.86. The number of nitrogens with one attached hydrogen (secondary N) is 1.